The largest absolute Gasteiger partial charge is 0.374 e. The smallest absolute Gasteiger partial charge is 0.225 e. The van der Waals surface area contributed by atoms with Crippen LogP contribution < -0.4 is 5.32 Å². The second-order valence-corrected chi connectivity index (χ2v) is 8.71. The molecule has 0 unspecified atom stereocenters. The molecule has 1 aromatic rings. The Balaban J connectivity index is 1.57. The van der Waals surface area contributed by atoms with Crippen LogP contribution in [0.4, 0.5) is 0 Å². The van der Waals surface area contributed by atoms with Gasteiger partial charge in [-0.25, -0.2) is 0 Å². The lowest BCUT2D eigenvalue weighted by Gasteiger charge is -2.38. The number of carbonyl (C=O) groups is 1. The van der Waals surface area contributed by atoms with E-state index in [1.807, 2.05) is 18.7 Å². The summed E-state index contributed by atoms with van der Waals surface area (Å²) in [6, 6.07) is 0.247. The van der Waals surface area contributed by atoms with Crippen LogP contribution in [0.2, 0.25) is 0 Å². The van der Waals surface area contributed by atoms with Gasteiger partial charge in [-0.2, -0.15) is 11.8 Å². The van der Waals surface area contributed by atoms with Gasteiger partial charge in [-0.1, -0.05) is 0 Å². The van der Waals surface area contributed by atoms with E-state index in [2.05, 4.69) is 10.3 Å². The van der Waals surface area contributed by atoms with E-state index in [1.165, 1.54) is 17.1 Å². The fraction of sp³-hybridized carbons (Fsp3) is 0.714. The Morgan fingerprint density at radius 3 is 3.14 bits per heavy atom. The minimum atomic E-state index is 0.0152. The quantitative estimate of drug-likeness (QED) is 0.828. The van der Waals surface area contributed by atoms with Gasteiger partial charge in [0.15, 0.2) is 3.95 Å². The first-order valence-electron chi connectivity index (χ1n) is 7.26. The number of aromatic amines is 1. The van der Waals surface area contributed by atoms with Crippen molar-refractivity contribution in [2.75, 3.05) is 18.1 Å². The van der Waals surface area contributed by atoms with Crippen molar-refractivity contribution < 1.29 is 9.53 Å². The molecule has 4 nitrogen and oxygen atoms in total. The number of hydrogen-bond acceptors (Lipinski definition) is 5. The van der Waals surface area contributed by atoms with Crippen LogP contribution in [0.1, 0.15) is 29.8 Å². The predicted octanol–water partition coefficient (Wildman–Crippen LogP) is 2.83. The van der Waals surface area contributed by atoms with Crippen molar-refractivity contribution >= 4 is 41.2 Å². The average molecular weight is 345 g/mol. The van der Waals surface area contributed by atoms with E-state index in [0.29, 0.717) is 6.42 Å². The van der Waals surface area contributed by atoms with Gasteiger partial charge in [-0.15, -0.1) is 11.3 Å². The van der Waals surface area contributed by atoms with Crippen LogP contribution in [0.5, 0.6) is 0 Å². The molecule has 0 bridgehead atoms. The fourth-order valence-corrected chi connectivity index (χ4v) is 5.71. The Morgan fingerprint density at radius 1 is 1.62 bits per heavy atom. The van der Waals surface area contributed by atoms with Crippen molar-refractivity contribution in [1.29, 1.82) is 0 Å². The van der Waals surface area contributed by atoms with Crippen molar-refractivity contribution in [1.82, 2.24) is 10.3 Å². The summed E-state index contributed by atoms with van der Waals surface area (Å²) in [4.78, 5) is 16.4. The van der Waals surface area contributed by atoms with Gasteiger partial charge < -0.3 is 15.0 Å². The molecule has 2 aliphatic rings. The summed E-state index contributed by atoms with van der Waals surface area (Å²) in [5.41, 5.74) is 1.03. The number of rotatable bonds is 3. The zero-order chi connectivity index (χ0) is 14.9. The number of H-pyrrole nitrogens is 1. The van der Waals surface area contributed by atoms with E-state index in [9.17, 15) is 4.79 Å². The van der Waals surface area contributed by atoms with Crippen LogP contribution in [0.15, 0.2) is 0 Å². The predicted molar refractivity (Wildman–Crippen MR) is 89.7 cm³/mol. The van der Waals surface area contributed by atoms with Crippen molar-refractivity contribution in [2.45, 2.75) is 44.2 Å². The molecule has 1 aromatic heterocycles. The molecular weight excluding hydrogens is 324 g/mol. The molecule has 0 radical (unpaired) electrons. The molecule has 3 rings (SSSR count). The van der Waals surface area contributed by atoms with Gasteiger partial charge in [0, 0.05) is 29.0 Å². The number of hydrogen-bond donors (Lipinski definition) is 2. The van der Waals surface area contributed by atoms with E-state index in [0.717, 1.165) is 46.1 Å². The van der Waals surface area contributed by atoms with Gasteiger partial charge in [-0.3, -0.25) is 4.79 Å². The molecule has 2 atom stereocenters. The van der Waals surface area contributed by atoms with Crippen LogP contribution in [0.3, 0.4) is 0 Å². The zero-order valence-electron chi connectivity index (χ0n) is 12.1. The van der Waals surface area contributed by atoms with Crippen molar-refractivity contribution in [3.8, 4) is 0 Å². The molecule has 2 N–H and O–H groups in total. The molecule has 7 heteroatoms. The van der Waals surface area contributed by atoms with E-state index >= 15 is 0 Å². The normalized spacial score (nSPS) is 28.9. The third-order valence-electron chi connectivity index (χ3n) is 4.17. The SMILES string of the molecule is Cc1[nH]c(=S)sc1CC(=O)N[C@H]1CCO[C@]2(CCSC2)C1. The summed E-state index contributed by atoms with van der Waals surface area (Å²) >= 11 is 8.57. The van der Waals surface area contributed by atoms with Crippen LogP contribution in [0, 0.1) is 10.9 Å². The van der Waals surface area contributed by atoms with Crippen LogP contribution in [-0.4, -0.2) is 40.6 Å². The molecule has 3 heterocycles. The molecule has 116 valence electrons. The summed E-state index contributed by atoms with van der Waals surface area (Å²) in [6.07, 6.45) is 3.40. The van der Waals surface area contributed by atoms with Crippen LogP contribution in [0.25, 0.3) is 0 Å². The maximum Gasteiger partial charge on any atom is 0.225 e. The highest BCUT2D eigenvalue weighted by atomic mass is 32.2. The number of amides is 1. The monoisotopic (exact) mass is 344 g/mol. The van der Waals surface area contributed by atoms with E-state index in [-0.39, 0.29) is 17.6 Å². The number of aryl methyl sites for hydroxylation is 1. The number of ether oxygens (including phenoxy) is 1. The highest BCUT2D eigenvalue weighted by Crippen LogP contribution is 2.38. The lowest BCUT2D eigenvalue weighted by molar-refractivity contribution is -0.123. The first kappa shape index (κ1) is 15.5. The van der Waals surface area contributed by atoms with E-state index in [1.54, 1.807) is 0 Å². The first-order chi connectivity index (χ1) is 10.1. The number of thioether (sulfide) groups is 1. The lowest BCUT2D eigenvalue weighted by atomic mass is 9.90. The highest BCUT2D eigenvalue weighted by Gasteiger charge is 2.40. The molecule has 0 aromatic carbocycles. The molecule has 2 saturated heterocycles. The van der Waals surface area contributed by atoms with Gasteiger partial charge in [0.05, 0.1) is 12.0 Å². The zero-order valence-corrected chi connectivity index (χ0v) is 14.5. The number of nitrogens with one attached hydrogen (secondary N) is 2. The van der Waals surface area contributed by atoms with Gasteiger partial charge in [0.25, 0.3) is 0 Å². The number of aromatic nitrogens is 1. The van der Waals surface area contributed by atoms with Crippen LogP contribution in [-0.2, 0) is 16.0 Å². The minimum Gasteiger partial charge on any atom is -0.374 e. The second-order valence-electron chi connectivity index (χ2n) is 5.83. The lowest BCUT2D eigenvalue weighted by Crippen LogP contribution is -2.49. The third kappa shape index (κ3) is 3.70. The molecular formula is C14H20N2O2S3. The first-order valence-corrected chi connectivity index (χ1v) is 9.64. The Labute approximate surface area is 138 Å². The maximum atomic E-state index is 12.2. The van der Waals surface area contributed by atoms with Crippen molar-refractivity contribution in [3.05, 3.63) is 14.5 Å². The summed E-state index contributed by atoms with van der Waals surface area (Å²) in [5, 5.41) is 3.19. The number of carbonyl (C=O) groups excluding carboxylic acids is 1. The molecule has 1 amide bonds. The molecule has 1 spiro atoms. The van der Waals surface area contributed by atoms with Gasteiger partial charge in [0.2, 0.25) is 5.91 Å². The van der Waals surface area contributed by atoms with Crippen LogP contribution >= 0.6 is 35.3 Å². The maximum absolute atomic E-state index is 12.2. The topological polar surface area (TPSA) is 54.1 Å². The highest BCUT2D eigenvalue weighted by molar-refractivity contribution is 7.99. The van der Waals surface area contributed by atoms with Gasteiger partial charge in [-0.05, 0) is 44.2 Å². The van der Waals surface area contributed by atoms with E-state index in [4.69, 9.17) is 17.0 Å². The molecule has 2 aliphatic heterocycles. The Morgan fingerprint density at radius 2 is 2.48 bits per heavy atom. The molecule has 2 fully saturated rings. The summed E-state index contributed by atoms with van der Waals surface area (Å²) in [6.45, 7) is 2.72. The Hall–Kier alpha value is -0.370. The Kier molecular flexibility index (Phi) is 4.73. The summed E-state index contributed by atoms with van der Waals surface area (Å²) in [5.74, 6) is 2.33. The standard InChI is InChI=1S/C14H20N2O2S3/c1-9-11(21-13(19)15-9)6-12(17)16-10-2-4-18-14(7-10)3-5-20-8-14/h10H,2-8H2,1H3,(H,15,19)(H,16,17)/t10-,14+/m0/s1. The average Bonchev–Trinajstić information content (AvgIpc) is 2.97. The molecule has 21 heavy (non-hydrogen) atoms. The van der Waals surface area contributed by atoms with Gasteiger partial charge >= 0.3 is 0 Å². The van der Waals surface area contributed by atoms with Gasteiger partial charge in [0.1, 0.15) is 0 Å². The number of thiazole rings is 1. The fourth-order valence-electron chi connectivity index (χ4n) is 3.04. The minimum absolute atomic E-state index is 0.0152. The Bertz CT molecular complexity index is 575. The summed E-state index contributed by atoms with van der Waals surface area (Å²) in [7, 11) is 0. The second kappa shape index (κ2) is 6.40. The summed E-state index contributed by atoms with van der Waals surface area (Å²) < 4.78 is 6.73. The van der Waals surface area contributed by atoms with E-state index < -0.39 is 0 Å². The molecule has 0 aliphatic carbocycles. The molecule has 0 saturated carbocycles. The third-order valence-corrected chi connectivity index (χ3v) is 6.73. The van der Waals surface area contributed by atoms with Crippen molar-refractivity contribution in [3.63, 3.8) is 0 Å². The van der Waals surface area contributed by atoms with Crippen molar-refractivity contribution in [2.24, 2.45) is 0 Å².